The summed E-state index contributed by atoms with van der Waals surface area (Å²) in [7, 11) is 1.78. The van der Waals surface area contributed by atoms with Crippen molar-refractivity contribution in [1.82, 2.24) is 5.32 Å². The van der Waals surface area contributed by atoms with Gasteiger partial charge in [-0.3, -0.25) is 0 Å². The number of hydrogen-bond acceptors (Lipinski definition) is 1. The van der Waals surface area contributed by atoms with Crippen LogP contribution in [0.25, 0.3) is 0 Å². The molecule has 1 nitrogen and oxygen atoms in total. The molecule has 100 valence electrons. The van der Waals surface area contributed by atoms with Crippen LogP contribution in [0, 0.1) is 5.82 Å². The molecule has 2 rings (SSSR count). The molecule has 1 unspecified atom stereocenters. The third kappa shape index (κ3) is 3.29. The maximum atomic E-state index is 14.0. The lowest BCUT2D eigenvalue weighted by atomic mass is 9.98. The van der Waals surface area contributed by atoms with Crippen LogP contribution >= 0.6 is 39.1 Å². The SMILES string of the molecule is CNC(c1ccc(Cl)c(Br)c1)c1ccc(Cl)cc1F. The van der Waals surface area contributed by atoms with Gasteiger partial charge < -0.3 is 5.32 Å². The van der Waals surface area contributed by atoms with E-state index in [0.717, 1.165) is 10.0 Å². The van der Waals surface area contributed by atoms with E-state index in [0.29, 0.717) is 15.6 Å². The Morgan fingerprint density at radius 1 is 1.16 bits per heavy atom. The fraction of sp³-hybridized carbons (Fsp3) is 0.143. The zero-order valence-electron chi connectivity index (χ0n) is 10.1. The lowest BCUT2D eigenvalue weighted by molar-refractivity contribution is 0.576. The number of rotatable bonds is 3. The minimum atomic E-state index is -0.335. The van der Waals surface area contributed by atoms with E-state index in [2.05, 4.69) is 21.2 Å². The van der Waals surface area contributed by atoms with Crippen molar-refractivity contribution in [1.29, 1.82) is 0 Å². The average Bonchev–Trinajstić information content (AvgIpc) is 2.37. The molecular formula is C14H11BrCl2FN. The van der Waals surface area contributed by atoms with Gasteiger partial charge in [0.1, 0.15) is 5.82 Å². The molecule has 0 fully saturated rings. The van der Waals surface area contributed by atoms with Crippen LogP contribution in [0.3, 0.4) is 0 Å². The fourth-order valence-electron chi connectivity index (χ4n) is 1.93. The lowest BCUT2D eigenvalue weighted by Crippen LogP contribution is -2.19. The molecule has 0 aliphatic rings. The van der Waals surface area contributed by atoms with Gasteiger partial charge in [-0.15, -0.1) is 0 Å². The monoisotopic (exact) mass is 361 g/mol. The Kier molecular flexibility index (Phi) is 4.85. The molecule has 0 aliphatic heterocycles. The summed E-state index contributed by atoms with van der Waals surface area (Å²) >= 11 is 15.1. The highest BCUT2D eigenvalue weighted by molar-refractivity contribution is 9.10. The lowest BCUT2D eigenvalue weighted by Gasteiger charge is -2.18. The van der Waals surface area contributed by atoms with Crippen molar-refractivity contribution >= 4 is 39.1 Å². The van der Waals surface area contributed by atoms with Crippen molar-refractivity contribution in [3.05, 3.63) is 67.9 Å². The molecule has 2 aromatic rings. The molecule has 0 spiro atoms. The van der Waals surface area contributed by atoms with Crippen molar-refractivity contribution in [2.24, 2.45) is 0 Å². The van der Waals surface area contributed by atoms with Crippen LogP contribution in [0.15, 0.2) is 40.9 Å². The molecule has 1 atom stereocenters. The highest BCUT2D eigenvalue weighted by atomic mass is 79.9. The van der Waals surface area contributed by atoms with E-state index in [1.807, 2.05) is 12.1 Å². The molecule has 5 heteroatoms. The van der Waals surface area contributed by atoms with Gasteiger partial charge in [0.2, 0.25) is 0 Å². The number of halogens is 4. The first-order valence-corrected chi connectivity index (χ1v) is 7.15. The van der Waals surface area contributed by atoms with E-state index in [-0.39, 0.29) is 11.9 Å². The van der Waals surface area contributed by atoms with Gasteiger partial charge in [-0.1, -0.05) is 35.3 Å². The number of nitrogens with one attached hydrogen (secondary N) is 1. The Labute approximate surface area is 129 Å². The molecule has 19 heavy (non-hydrogen) atoms. The van der Waals surface area contributed by atoms with E-state index in [1.165, 1.54) is 6.07 Å². The molecule has 0 aromatic heterocycles. The van der Waals surface area contributed by atoms with Gasteiger partial charge in [-0.2, -0.15) is 0 Å². The molecule has 0 bridgehead atoms. The maximum Gasteiger partial charge on any atom is 0.129 e. The van der Waals surface area contributed by atoms with Crippen molar-refractivity contribution < 1.29 is 4.39 Å². The summed E-state index contributed by atoms with van der Waals surface area (Å²) in [4.78, 5) is 0. The van der Waals surface area contributed by atoms with Crippen LogP contribution in [0.1, 0.15) is 17.2 Å². The van der Waals surface area contributed by atoms with Crippen LogP contribution in [-0.4, -0.2) is 7.05 Å². The molecule has 0 saturated heterocycles. The van der Waals surface area contributed by atoms with E-state index in [1.54, 1.807) is 25.2 Å². The van der Waals surface area contributed by atoms with Crippen LogP contribution in [0.5, 0.6) is 0 Å². The Hall–Kier alpha value is -0.610. The molecule has 2 aromatic carbocycles. The third-order valence-electron chi connectivity index (χ3n) is 2.84. The predicted octanol–water partition coefficient (Wildman–Crippen LogP) is 5.20. The fourth-order valence-corrected chi connectivity index (χ4v) is 2.60. The molecule has 1 N–H and O–H groups in total. The summed E-state index contributed by atoms with van der Waals surface area (Å²) in [6.45, 7) is 0. The maximum absolute atomic E-state index is 14.0. The van der Waals surface area contributed by atoms with Gasteiger partial charge in [0.25, 0.3) is 0 Å². The summed E-state index contributed by atoms with van der Waals surface area (Å²) in [6, 6.07) is 9.92. The van der Waals surface area contributed by atoms with Crippen LogP contribution in [0.4, 0.5) is 4.39 Å². The summed E-state index contributed by atoms with van der Waals surface area (Å²) in [5, 5.41) is 4.10. The van der Waals surface area contributed by atoms with Crippen LogP contribution in [0.2, 0.25) is 10.0 Å². The van der Waals surface area contributed by atoms with Gasteiger partial charge in [-0.05, 0) is 52.8 Å². The minimum absolute atomic E-state index is 0.258. The average molecular weight is 363 g/mol. The molecule has 0 radical (unpaired) electrons. The molecule has 0 amide bonds. The van der Waals surface area contributed by atoms with Gasteiger partial charge in [0, 0.05) is 15.1 Å². The standard InChI is InChI=1S/C14H11BrCl2FN/c1-19-14(8-2-5-12(17)11(15)6-8)10-4-3-9(16)7-13(10)18/h2-7,14,19H,1H3. The van der Waals surface area contributed by atoms with E-state index >= 15 is 0 Å². The number of hydrogen-bond donors (Lipinski definition) is 1. The quantitative estimate of drug-likeness (QED) is 0.790. The highest BCUT2D eigenvalue weighted by Crippen LogP contribution is 2.30. The van der Waals surface area contributed by atoms with E-state index in [9.17, 15) is 4.39 Å². The number of benzene rings is 2. The molecular weight excluding hydrogens is 352 g/mol. The summed E-state index contributed by atoms with van der Waals surface area (Å²) in [6.07, 6.45) is 0. The minimum Gasteiger partial charge on any atom is -0.309 e. The normalized spacial score (nSPS) is 12.5. The first kappa shape index (κ1) is 14.8. The second-order valence-electron chi connectivity index (χ2n) is 4.06. The van der Waals surface area contributed by atoms with Crippen LogP contribution < -0.4 is 5.32 Å². The molecule has 0 saturated carbocycles. The first-order chi connectivity index (χ1) is 9.02. The van der Waals surface area contributed by atoms with Gasteiger partial charge in [0.15, 0.2) is 0 Å². The Bertz CT molecular complexity index is 604. The van der Waals surface area contributed by atoms with Gasteiger partial charge in [-0.25, -0.2) is 4.39 Å². The van der Waals surface area contributed by atoms with Crippen LogP contribution in [-0.2, 0) is 0 Å². The summed E-state index contributed by atoms with van der Waals surface area (Å²) < 4.78 is 14.8. The van der Waals surface area contributed by atoms with Crippen molar-refractivity contribution in [2.45, 2.75) is 6.04 Å². The van der Waals surface area contributed by atoms with E-state index in [4.69, 9.17) is 23.2 Å². The summed E-state index contributed by atoms with van der Waals surface area (Å²) in [5.74, 6) is -0.335. The van der Waals surface area contributed by atoms with Crippen molar-refractivity contribution in [3.8, 4) is 0 Å². The Morgan fingerprint density at radius 2 is 1.89 bits per heavy atom. The smallest absolute Gasteiger partial charge is 0.129 e. The second kappa shape index (κ2) is 6.23. The Balaban J connectivity index is 2.46. The van der Waals surface area contributed by atoms with E-state index < -0.39 is 0 Å². The topological polar surface area (TPSA) is 12.0 Å². The zero-order valence-corrected chi connectivity index (χ0v) is 13.2. The van der Waals surface area contributed by atoms with Crippen molar-refractivity contribution in [2.75, 3.05) is 7.05 Å². The first-order valence-electron chi connectivity index (χ1n) is 5.60. The predicted molar refractivity (Wildman–Crippen MR) is 81.5 cm³/mol. The highest BCUT2D eigenvalue weighted by Gasteiger charge is 2.17. The summed E-state index contributed by atoms with van der Waals surface area (Å²) in [5.41, 5.74) is 1.46. The third-order valence-corrected chi connectivity index (χ3v) is 4.29. The van der Waals surface area contributed by atoms with Gasteiger partial charge in [0.05, 0.1) is 11.1 Å². The largest absolute Gasteiger partial charge is 0.309 e. The van der Waals surface area contributed by atoms with Gasteiger partial charge >= 0.3 is 0 Å². The Morgan fingerprint density at radius 3 is 2.47 bits per heavy atom. The van der Waals surface area contributed by atoms with Crippen molar-refractivity contribution in [3.63, 3.8) is 0 Å². The molecule has 0 heterocycles. The zero-order chi connectivity index (χ0) is 14.0. The molecule has 0 aliphatic carbocycles. The second-order valence-corrected chi connectivity index (χ2v) is 5.76.